The SMILES string of the molecule is COc1cc(N(CC(=O)NCCc2ccccc2)C(C)=O)cc(OC)c1OC. The smallest absolute Gasteiger partial charge is 0.240 e. The van der Waals surface area contributed by atoms with Crippen LogP contribution in [-0.2, 0) is 16.0 Å². The average Bonchev–Trinajstić information content (AvgIpc) is 2.71. The molecule has 28 heavy (non-hydrogen) atoms. The average molecular weight is 386 g/mol. The lowest BCUT2D eigenvalue weighted by Gasteiger charge is -2.23. The van der Waals surface area contributed by atoms with Crippen molar-refractivity contribution in [1.29, 1.82) is 0 Å². The normalized spacial score (nSPS) is 10.1. The molecule has 0 aliphatic rings. The Morgan fingerprint density at radius 1 is 0.964 bits per heavy atom. The third-order valence-corrected chi connectivity index (χ3v) is 4.22. The van der Waals surface area contributed by atoms with Gasteiger partial charge in [0.05, 0.1) is 27.0 Å². The number of nitrogens with one attached hydrogen (secondary N) is 1. The number of ether oxygens (including phenoxy) is 3. The number of methoxy groups -OCH3 is 3. The van der Waals surface area contributed by atoms with Crippen molar-refractivity contribution in [3.8, 4) is 17.2 Å². The Labute approximate surface area is 165 Å². The summed E-state index contributed by atoms with van der Waals surface area (Å²) in [5.74, 6) is 0.720. The minimum Gasteiger partial charge on any atom is -0.493 e. The lowest BCUT2D eigenvalue weighted by Crippen LogP contribution is -2.40. The van der Waals surface area contributed by atoms with Crippen LogP contribution in [0.1, 0.15) is 12.5 Å². The summed E-state index contributed by atoms with van der Waals surface area (Å²) in [6.07, 6.45) is 0.719. The minimum atomic E-state index is -0.271. The van der Waals surface area contributed by atoms with Crippen molar-refractivity contribution in [1.82, 2.24) is 5.32 Å². The first kappa shape index (κ1) is 21.1. The summed E-state index contributed by atoms with van der Waals surface area (Å²) >= 11 is 0. The number of carbonyl (C=O) groups is 2. The Kier molecular flexibility index (Phi) is 7.68. The third kappa shape index (κ3) is 5.39. The van der Waals surface area contributed by atoms with Gasteiger partial charge >= 0.3 is 0 Å². The van der Waals surface area contributed by atoms with Gasteiger partial charge in [0, 0.05) is 25.6 Å². The number of rotatable bonds is 9. The number of anilines is 1. The number of hydrogen-bond acceptors (Lipinski definition) is 5. The van der Waals surface area contributed by atoms with Gasteiger partial charge in [-0.15, -0.1) is 0 Å². The van der Waals surface area contributed by atoms with E-state index in [2.05, 4.69) is 5.32 Å². The molecule has 0 fully saturated rings. The molecule has 7 heteroatoms. The van der Waals surface area contributed by atoms with E-state index in [4.69, 9.17) is 14.2 Å². The molecule has 0 unspecified atom stereocenters. The first-order chi connectivity index (χ1) is 13.5. The molecule has 1 N–H and O–H groups in total. The van der Waals surface area contributed by atoms with Crippen molar-refractivity contribution in [2.75, 3.05) is 39.3 Å². The van der Waals surface area contributed by atoms with Crippen LogP contribution >= 0.6 is 0 Å². The second-order valence-electron chi connectivity index (χ2n) is 6.07. The number of hydrogen-bond donors (Lipinski definition) is 1. The van der Waals surface area contributed by atoms with Crippen molar-refractivity contribution >= 4 is 17.5 Å². The summed E-state index contributed by atoms with van der Waals surface area (Å²) in [4.78, 5) is 25.9. The number of benzene rings is 2. The van der Waals surface area contributed by atoms with Crippen molar-refractivity contribution < 1.29 is 23.8 Å². The molecule has 2 rings (SSSR count). The molecule has 0 heterocycles. The Bertz CT molecular complexity index is 783. The van der Waals surface area contributed by atoms with Gasteiger partial charge in [0.25, 0.3) is 0 Å². The predicted octanol–water partition coefficient (Wildman–Crippen LogP) is 2.42. The fourth-order valence-corrected chi connectivity index (χ4v) is 2.80. The lowest BCUT2D eigenvalue weighted by molar-refractivity contribution is -0.123. The molecule has 0 atom stereocenters. The second-order valence-corrected chi connectivity index (χ2v) is 6.07. The van der Waals surface area contributed by atoms with E-state index in [1.54, 1.807) is 12.1 Å². The number of amides is 2. The number of carbonyl (C=O) groups excluding carboxylic acids is 2. The zero-order valence-electron chi connectivity index (χ0n) is 16.7. The van der Waals surface area contributed by atoms with Gasteiger partial charge < -0.3 is 24.4 Å². The van der Waals surface area contributed by atoms with Gasteiger partial charge in [0.2, 0.25) is 17.6 Å². The summed E-state index contributed by atoms with van der Waals surface area (Å²) in [6, 6.07) is 13.1. The van der Waals surface area contributed by atoms with Gasteiger partial charge in [0.15, 0.2) is 11.5 Å². The van der Waals surface area contributed by atoms with Crippen LogP contribution in [0, 0.1) is 0 Å². The van der Waals surface area contributed by atoms with Crippen LogP contribution in [0.3, 0.4) is 0 Å². The van der Waals surface area contributed by atoms with E-state index < -0.39 is 0 Å². The molecule has 0 bridgehead atoms. The van der Waals surface area contributed by atoms with Gasteiger partial charge in [-0.3, -0.25) is 9.59 Å². The first-order valence-electron chi connectivity index (χ1n) is 8.88. The van der Waals surface area contributed by atoms with E-state index in [1.165, 1.54) is 33.2 Å². The summed E-state index contributed by atoms with van der Waals surface area (Å²) < 4.78 is 15.9. The zero-order chi connectivity index (χ0) is 20.5. The topological polar surface area (TPSA) is 77.1 Å². The highest BCUT2D eigenvalue weighted by Gasteiger charge is 2.21. The molecule has 0 aliphatic carbocycles. The Morgan fingerprint density at radius 2 is 1.57 bits per heavy atom. The van der Waals surface area contributed by atoms with Gasteiger partial charge in [-0.05, 0) is 12.0 Å². The summed E-state index contributed by atoms with van der Waals surface area (Å²) in [7, 11) is 4.49. The predicted molar refractivity (Wildman–Crippen MR) is 107 cm³/mol. The van der Waals surface area contributed by atoms with Crippen molar-refractivity contribution in [2.45, 2.75) is 13.3 Å². The maximum atomic E-state index is 12.4. The summed E-state index contributed by atoms with van der Waals surface area (Å²) in [6.45, 7) is 1.78. The van der Waals surface area contributed by atoms with E-state index in [1.807, 2.05) is 30.3 Å². The van der Waals surface area contributed by atoms with E-state index >= 15 is 0 Å². The molecular weight excluding hydrogens is 360 g/mol. The van der Waals surface area contributed by atoms with Gasteiger partial charge in [0.1, 0.15) is 6.54 Å². The van der Waals surface area contributed by atoms with E-state index in [-0.39, 0.29) is 18.4 Å². The van der Waals surface area contributed by atoms with Crippen molar-refractivity contribution in [3.63, 3.8) is 0 Å². The highest BCUT2D eigenvalue weighted by molar-refractivity contribution is 5.98. The van der Waals surface area contributed by atoms with Crippen molar-refractivity contribution in [3.05, 3.63) is 48.0 Å². The molecule has 150 valence electrons. The van der Waals surface area contributed by atoms with Crippen LogP contribution in [0.4, 0.5) is 5.69 Å². The highest BCUT2D eigenvalue weighted by Crippen LogP contribution is 2.41. The van der Waals surface area contributed by atoms with Crippen LogP contribution in [0.2, 0.25) is 0 Å². The lowest BCUT2D eigenvalue weighted by atomic mass is 10.1. The van der Waals surface area contributed by atoms with Crippen LogP contribution in [-0.4, -0.2) is 46.2 Å². The molecule has 0 aliphatic heterocycles. The molecule has 2 aromatic rings. The molecule has 0 aromatic heterocycles. The Hall–Kier alpha value is -3.22. The molecule has 0 radical (unpaired) electrons. The third-order valence-electron chi connectivity index (χ3n) is 4.22. The minimum absolute atomic E-state index is 0.108. The summed E-state index contributed by atoms with van der Waals surface area (Å²) in [5.41, 5.74) is 1.62. The van der Waals surface area contributed by atoms with E-state index in [0.29, 0.717) is 29.5 Å². The first-order valence-corrected chi connectivity index (χ1v) is 8.88. The molecule has 0 spiro atoms. The Balaban J connectivity index is 2.10. The molecular formula is C21H26N2O5. The number of nitrogens with zero attached hydrogens (tertiary/aromatic N) is 1. The second kappa shape index (κ2) is 10.2. The van der Waals surface area contributed by atoms with Gasteiger partial charge in [-0.1, -0.05) is 30.3 Å². The van der Waals surface area contributed by atoms with Gasteiger partial charge in [-0.2, -0.15) is 0 Å². The largest absolute Gasteiger partial charge is 0.493 e. The Morgan fingerprint density at radius 3 is 2.07 bits per heavy atom. The maximum absolute atomic E-state index is 12.4. The fraction of sp³-hybridized carbons (Fsp3) is 0.333. The summed E-state index contributed by atoms with van der Waals surface area (Å²) in [5, 5.41) is 2.85. The zero-order valence-corrected chi connectivity index (χ0v) is 16.7. The van der Waals surface area contributed by atoms with Crippen molar-refractivity contribution in [2.24, 2.45) is 0 Å². The molecule has 0 saturated heterocycles. The molecule has 2 aromatic carbocycles. The van der Waals surface area contributed by atoms with Crippen LogP contribution in [0.15, 0.2) is 42.5 Å². The fourth-order valence-electron chi connectivity index (χ4n) is 2.80. The van der Waals surface area contributed by atoms with Gasteiger partial charge in [-0.25, -0.2) is 0 Å². The molecule has 7 nitrogen and oxygen atoms in total. The maximum Gasteiger partial charge on any atom is 0.240 e. The quantitative estimate of drug-likeness (QED) is 0.716. The highest BCUT2D eigenvalue weighted by atomic mass is 16.5. The van der Waals surface area contributed by atoms with E-state index in [0.717, 1.165) is 12.0 Å². The van der Waals surface area contributed by atoms with Crippen LogP contribution < -0.4 is 24.4 Å². The standard InChI is InChI=1S/C21H26N2O5/c1-15(24)23(14-20(25)22-11-10-16-8-6-5-7-9-16)17-12-18(26-2)21(28-4)19(13-17)27-3/h5-9,12-13H,10-11,14H2,1-4H3,(H,22,25). The molecule has 2 amide bonds. The monoisotopic (exact) mass is 386 g/mol. The van der Waals surface area contributed by atoms with Crippen LogP contribution in [0.25, 0.3) is 0 Å². The van der Waals surface area contributed by atoms with Crippen LogP contribution in [0.5, 0.6) is 17.2 Å². The van der Waals surface area contributed by atoms with E-state index in [9.17, 15) is 9.59 Å². The molecule has 0 saturated carbocycles.